The summed E-state index contributed by atoms with van der Waals surface area (Å²) in [7, 11) is 0. The molecule has 0 atom stereocenters. The van der Waals surface area contributed by atoms with Gasteiger partial charge in [0, 0.05) is 5.57 Å². The van der Waals surface area contributed by atoms with Crippen LogP contribution >= 0.6 is 0 Å². The van der Waals surface area contributed by atoms with E-state index in [-0.39, 0.29) is 0 Å². The van der Waals surface area contributed by atoms with E-state index < -0.39 is 0 Å². The molecule has 0 saturated carbocycles. The monoisotopic (exact) mass is 206 g/mol. The summed E-state index contributed by atoms with van der Waals surface area (Å²) < 4.78 is 0. The number of rotatable bonds is 0. The summed E-state index contributed by atoms with van der Waals surface area (Å²) in [6, 6.07) is 3.85. The number of pyridine rings is 1. The van der Waals surface area contributed by atoms with Gasteiger partial charge in [-0.3, -0.25) is 0 Å². The fraction of sp³-hybridized carbons (Fsp3) is 0. The Morgan fingerprint density at radius 2 is 1.75 bits per heavy atom. The van der Waals surface area contributed by atoms with E-state index in [4.69, 9.17) is 0 Å². The Kier molecular flexibility index (Phi) is 1.93. The smallest absolute Gasteiger partial charge is 0.0987 e. The van der Waals surface area contributed by atoms with E-state index in [1.165, 1.54) is 0 Å². The van der Waals surface area contributed by atoms with Gasteiger partial charge in [-0.05, 0) is 18.2 Å². The van der Waals surface area contributed by atoms with Crippen LogP contribution in [0.25, 0.3) is 12.2 Å². The zero-order valence-corrected chi connectivity index (χ0v) is 8.72. The molecule has 0 radical (unpaired) electrons. The second-order valence-electron chi connectivity index (χ2n) is 3.68. The number of nitrogens with zero attached hydrogens (tertiary/aromatic N) is 2. The van der Waals surface area contributed by atoms with Crippen molar-refractivity contribution in [2.45, 2.75) is 0 Å². The molecule has 2 heterocycles. The van der Waals surface area contributed by atoms with Crippen LogP contribution in [0.5, 0.6) is 0 Å². The molecule has 0 N–H and O–H groups in total. The minimum Gasteiger partial charge on any atom is -0.247 e. The van der Waals surface area contributed by atoms with Crippen molar-refractivity contribution in [1.82, 2.24) is 4.98 Å². The second-order valence-corrected chi connectivity index (χ2v) is 3.68. The van der Waals surface area contributed by atoms with Crippen LogP contribution in [0.3, 0.4) is 0 Å². The molecule has 2 nitrogen and oxygen atoms in total. The van der Waals surface area contributed by atoms with Crippen molar-refractivity contribution in [2.24, 2.45) is 4.99 Å². The number of hydrogen-bond acceptors (Lipinski definition) is 2. The van der Waals surface area contributed by atoms with E-state index >= 15 is 0 Å². The van der Waals surface area contributed by atoms with Crippen molar-refractivity contribution < 1.29 is 0 Å². The molecule has 0 aromatic carbocycles. The van der Waals surface area contributed by atoms with Crippen LogP contribution in [-0.4, -0.2) is 4.98 Å². The number of hydrogen-bond donors (Lipinski definition) is 0. The van der Waals surface area contributed by atoms with Crippen LogP contribution in [0.1, 0.15) is 5.69 Å². The molecule has 1 aliphatic heterocycles. The largest absolute Gasteiger partial charge is 0.247 e. The Hall–Kier alpha value is -2.22. The van der Waals surface area contributed by atoms with E-state index in [9.17, 15) is 0 Å². The predicted octanol–water partition coefficient (Wildman–Crippen LogP) is 1.52. The normalized spacial score (nSPS) is 22.5. The molecule has 2 aliphatic rings. The average Bonchev–Trinajstić information content (AvgIpc) is 2.55. The standard InChI is InChI=1S/C14H10N2/c1-10-8-9-13-14(15-10)11-6-4-2-3-5-7-12(11)16-13/h2-9H,1H2/b3-2-,4-2?,5-3?,6-4-,7-5-,11-6?,12-7?. The molecule has 0 bridgehead atoms. The van der Waals surface area contributed by atoms with Gasteiger partial charge in [-0.1, -0.05) is 37.0 Å². The summed E-state index contributed by atoms with van der Waals surface area (Å²) in [6.45, 7) is 3.85. The van der Waals surface area contributed by atoms with E-state index in [0.717, 1.165) is 27.7 Å². The summed E-state index contributed by atoms with van der Waals surface area (Å²) in [6.07, 6.45) is 12.0. The van der Waals surface area contributed by atoms with Crippen molar-refractivity contribution in [3.63, 3.8) is 0 Å². The first-order valence-electron chi connectivity index (χ1n) is 5.15. The fourth-order valence-electron chi connectivity index (χ4n) is 1.81. The van der Waals surface area contributed by atoms with Gasteiger partial charge >= 0.3 is 0 Å². The fourth-order valence-corrected chi connectivity index (χ4v) is 1.81. The highest BCUT2D eigenvalue weighted by atomic mass is 14.8. The lowest BCUT2D eigenvalue weighted by Crippen LogP contribution is -2.15. The van der Waals surface area contributed by atoms with Gasteiger partial charge in [-0.15, -0.1) is 0 Å². The Morgan fingerprint density at radius 1 is 0.938 bits per heavy atom. The predicted molar refractivity (Wildman–Crippen MR) is 64.9 cm³/mol. The van der Waals surface area contributed by atoms with E-state index in [2.05, 4.69) is 16.6 Å². The molecule has 0 fully saturated rings. The third-order valence-corrected chi connectivity index (χ3v) is 2.55. The maximum atomic E-state index is 4.53. The molecular formula is C14H10N2. The second kappa shape index (κ2) is 3.42. The van der Waals surface area contributed by atoms with Crippen LogP contribution in [0.4, 0.5) is 0 Å². The first-order valence-corrected chi connectivity index (χ1v) is 5.15. The molecule has 1 aromatic rings. The SMILES string of the molecule is C=c1ccc2c(n1)C1=C(\C=C/C=C\C=C/1)N=2. The maximum absolute atomic E-state index is 4.53. The molecule has 1 aromatic heterocycles. The zero-order valence-electron chi connectivity index (χ0n) is 8.72. The van der Waals surface area contributed by atoms with Gasteiger partial charge in [0.25, 0.3) is 0 Å². The van der Waals surface area contributed by atoms with Crippen molar-refractivity contribution >= 4 is 12.2 Å². The number of allylic oxidation sites excluding steroid dienone is 7. The summed E-state index contributed by atoms with van der Waals surface area (Å²) >= 11 is 0. The lowest BCUT2D eigenvalue weighted by molar-refractivity contribution is 1.18. The first kappa shape index (κ1) is 9.04. The van der Waals surface area contributed by atoms with Crippen LogP contribution in [0.2, 0.25) is 0 Å². The summed E-state index contributed by atoms with van der Waals surface area (Å²) in [5.74, 6) is 0. The van der Waals surface area contributed by atoms with Gasteiger partial charge in [0.05, 0.1) is 22.1 Å². The molecule has 0 saturated heterocycles. The van der Waals surface area contributed by atoms with Gasteiger partial charge in [-0.2, -0.15) is 0 Å². The Bertz CT molecular complexity index is 673. The van der Waals surface area contributed by atoms with Crippen molar-refractivity contribution in [2.75, 3.05) is 0 Å². The van der Waals surface area contributed by atoms with Gasteiger partial charge in [0.15, 0.2) is 0 Å². The van der Waals surface area contributed by atoms with Crippen molar-refractivity contribution in [3.05, 3.63) is 70.7 Å². The van der Waals surface area contributed by atoms with Crippen LogP contribution < -0.4 is 10.7 Å². The molecule has 0 amide bonds. The molecule has 0 spiro atoms. The number of aromatic nitrogens is 1. The van der Waals surface area contributed by atoms with Crippen LogP contribution in [0.15, 0.2) is 59.3 Å². The van der Waals surface area contributed by atoms with Crippen LogP contribution in [0, 0.1) is 0 Å². The topological polar surface area (TPSA) is 25.2 Å². The van der Waals surface area contributed by atoms with Gasteiger partial charge < -0.3 is 0 Å². The van der Waals surface area contributed by atoms with Gasteiger partial charge in [0.1, 0.15) is 0 Å². The summed E-state index contributed by atoms with van der Waals surface area (Å²) in [5.41, 5.74) is 2.97. The third-order valence-electron chi connectivity index (χ3n) is 2.55. The first-order chi connectivity index (χ1) is 7.84. The summed E-state index contributed by atoms with van der Waals surface area (Å²) in [4.78, 5) is 8.97. The molecule has 1 aliphatic carbocycles. The Balaban J connectivity index is 2.28. The molecule has 2 heteroatoms. The molecule has 76 valence electrons. The molecule has 16 heavy (non-hydrogen) atoms. The Morgan fingerprint density at radius 3 is 2.62 bits per heavy atom. The number of fused-ring (bicyclic) bond motifs is 2. The highest BCUT2D eigenvalue weighted by Gasteiger charge is 2.14. The van der Waals surface area contributed by atoms with E-state index in [0.29, 0.717) is 0 Å². The van der Waals surface area contributed by atoms with Gasteiger partial charge in [0.2, 0.25) is 0 Å². The highest BCUT2D eigenvalue weighted by Crippen LogP contribution is 2.22. The van der Waals surface area contributed by atoms with Crippen LogP contribution in [-0.2, 0) is 0 Å². The van der Waals surface area contributed by atoms with E-state index in [1.54, 1.807) is 0 Å². The van der Waals surface area contributed by atoms with Gasteiger partial charge in [-0.25, -0.2) is 9.98 Å². The lowest BCUT2D eigenvalue weighted by atomic mass is 10.1. The Labute approximate surface area is 93.4 Å². The zero-order chi connectivity index (χ0) is 11.0. The quantitative estimate of drug-likeness (QED) is 0.631. The molecular weight excluding hydrogens is 196 g/mol. The minimum absolute atomic E-state index is 0.776. The third kappa shape index (κ3) is 1.36. The van der Waals surface area contributed by atoms with Crippen molar-refractivity contribution in [1.29, 1.82) is 0 Å². The lowest BCUT2D eigenvalue weighted by Gasteiger charge is -1.98. The molecule has 0 unspecified atom stereocenters. The minimum atomic E-state index is 0.776. The maximum Gasteiger partial charge on any atom is 0.0987 e. The summed E-state index contributed by atoms with van der Waals surface area (Å²) in [5, 5.41) is 1.70. The van der Waals surface area contributed by atoms with E-state index in [1.807, 2.05) is 48.6 Å². The highest BCUT2D eigenvalue weighted by molar-refractivity contribution is 5.79. The molecule has 3 rings (SSSR count). The van der Waals surface area contributed by atoms with Crippen molar-refractivity contribution in [3.8, 4) is 0 Å². The average molecular weight is 206 g/mol.